The number of nitro benzene ring substituents is 1. The molecule has 2 rings (SSSR count). The minimum absolute atomic E-state index is 0.0440. The number of aliphatic hydroxyl groups is 3. The Morgan fingerprint density at radius 3 is 2.52 bits per heavy atom. The molecule has 0 saturated carbocycles. The smallest absolute Gasteiger partial charge is 0.302 e. The first kappa shape index (κ1) is 22.6. The molecule has 0 aromatic heterocycles. The maximum atomic E-state index is 12.3. The SMILES string of the molecule is COC1OC(CNC(=O)c2ccc(COC(C)=O)c([N+](=O)[O-])c2)C(O)C(O)C1O. The molecule has 1 fully saturated rings. The molecule has 1 aliphatic heterocycles. The van der Waals surface area contributed by atoms with E-state index < -0.39 is 53.2 Å². The zero-order valence-corrected chi connectivity index (χ0v) is 15.7. The van der Waals surface area contributed by atoms with Crippen LogP contribution in [-0.2, 0) is 25.6 Å². The van der Waals surface area contributed by atoms with Crippen LogP contribution in [0.5, 0.6) is 0 Å². The second kappa shape index (κ2) is 9.71. The Balaban J connectivity index is 2.07. The van der Waals surface area contributed by atoms with Crippen molar-refractivity contribution in [2.45, 2.75) is 44.2 Å². The lowest BCUT2D eigenvalue weighted by Crippen LogP contribution is -2.60. The number of rotatable bonds is 7. The van der Waals surface area contributed by atoms with Crippen molar-refractivity contribution in [1.82, 2.24) is 5.32 Å². The predicted octanol–water partition coefficient (Wildman–Crippen LogP) is -1.16. The molecule has 1 amide bonds. The van der Waals surface area contributed by atoms with Crippen molar-refractivity contribution in [2.75, 3.05) is 13.7 Å². The van der Waals surface area contributed by atoms with Crippen LogP contribution in [-0.4, -0.2) is 76.5 Å². The van der Waals surface area contributed by atoms with E-state index in [0.717, 1.165) is 6.07 Å². The number of ether oxygens (including phenoxy) is 3. The normalized spacial score (nSPS) is 26.6. The summed E-state index contributed by atoms with van der Waals surface area (Å²) in [7, 11) is 1.24. The highest BCUT2D eigenvalue weighted by molar-refractivity contribution is 5.95. The van der Waals surface area contributed by atoms with Crippen LogP contribution in [0.15, 0.2) is 18.2 Å². The number of carbonyl (C=O) groups excluding carboxylic acids is 2. The number of esters is 1. The number of methoxy groups -OCH3 is 1. The number of aliphatic hydroxyl groups excluding tert-OH is 3. The zero-order chi connectivity index (χ0) is 21.7. The van der Waals surface area contributed by atoms with Crippen LogP contribution < -0.4 is 5.32 Å². The monoisotopic (exact) mass is 414 g/mol. The van der Waals surface area contributed by atoms with Gasteiger partial charge in [0.15, 0.2) is 6.29 Å². The van der Waals surface area contributed by atoms with Crippen molar-refractivity contribution in [3.05, 3.63) is 39.4 Å². The lowest BCUT2D eigenvalue weighted by molar-refractivity contribution is -0.385. The van der Waals surface area contributed by atoms with Crippen molar-refractivity contribution in [2.24, 2.45) is 0 Å². The summed E-state index contributed by atoms with van der Waals surface area (Å²) in [5.41, 5.74) is -0.323. The van der Waals surface area contributed by atoms with Crippen molar-refractivity contribution < 1.29 is 44.0 Å². The highest BCUT2D eigenvalue weighted by Gasteiger charge is 2.43. The lowest BCUT2D eigenvalue weighted by atomic mass is 9.98. The average Bonchev–Trinajstić information content (AvgIpc) is 2.69. The summed E-state index contributed by atoms with van der Waals surface area (Å²) >= 11 is 0. The number of benzene rings is 1. The summed E-state index contributed by atoms with van der Waals surface area (Å²) in [6, 6.07) is 3.64. The number of nitrogens with zero attached hydrogens (tertiary/aromatic N) is 1. The molecule has 1 aromatic carbocycles. The first-order chi connectivity index (χ1) is 13.6. The van der Waals surface area contributed by atoms with Crippen LogP contribution in [0.4, 0.5) is 5.69 Å². The maximum absolute atomic E-state index is 12.3. The van der Waals surface area contributed by atoms with Gasteiger partial charge < -0.3 is 34.8 Å². The molecule has 5 unspecified atom stereocenters. The Labute approximate surface area is 165 Å². The molecule has 0 radical (unpaired) electrons. The topological polar surface area (TPSA) is 178 Å². The fourth-order valence-electron chi connectivity index (χ4n) is 2.75. The largest absolute Gasteiger partial charge is 0.461 e. The summed E-state index contributed by atoms with van der Waals surface area (Å²) in [5, 5.41) is 43.2. The molecule has 12 heteroatoms. The molecule has 0 aliphatic carbocycles. The Morgan fingerprint density at radius 2 is 1.93 bits per heavy atom. The van der Waals surface area contributed by atoms with Gasteiger partial charge in [-0.25, -0.2) is 0 Å². The fourth-order valence-corrected chi connectivity index (χ4v) is 2.75. The van der Waals surface area contributed by atoms with Crippen molar-refractivity contribution in [3.63, 3.8) is 0 Å². The van der Waals surface area contributed by atoms with E-state index in [-0.39, 0.29) is 24.3 Å². The van der Waals surface area contributed by atoms with Gasteiger partial charge in [0.2, 0.25) is 0 Å². The van der Waals surface area contributed by atoms with Gasteiger partial charge in [0, 0.05) is 32.2 Å². The van der Waals surface area contributed by atoms with Gasteiger partial charge in [-0.3, -0.25) is 19.7 Å². The molecule has 160 valence electrons. The van der Waals surface area contributed by atoms with E-state index in [1.807, 2.05) is 0 Å². The van der Waals surface area contributed by atoms with Gasteiger partial charge in [0.1, 0.15) is 31.0 Å². The van der Waals surface area contributed by atoms with E-state index in [2.05, 4.69) is 5.32 Å². The quantitative estimate of drug-likeness (QED) is 0.242. The van der Waals surface area contributed by atoms with Gasteiger partial charge >= 0.3 is 5.97 Å². The second-order valence-electron chi connectivity index (χ2n) is 6.34. The molecule has 1 heterocycles. The van der Waals surface area contributed by atoms with Gasteiger partial charge in [-0.2, -0.15) is 0 Å². The lowest BCUT2D eigenvalue weighted by Gasteiger charge is -2.39. The van der Waals surface area contributed by atoms with Gasteiger partial charge in [0.05, 0.1) is 10.5 Å². The first-order valence-corrected chi connectivity index (χ1v) is 8.57. The minimum atomic E-state index is -1.54. The maximum Gasteiger partial charge on any atom is 0.302 e. The van der Waals surface area contributed by atoms with Gasteiger partial charge in [-0.05, 0) is 12.1 Å². The number of amides is 1. The van der Waals surface area contributed by atoms with Crippen LogP contribution in [0, 0.1) is 10.1 Å². The van der Waals surface area contributed by atoms with E-state index in [1.54, 1.807) is 0 Å². The highest BCUT2D eigenvalue weighted by Crippen LogP contribution is 2.23. The van der Waals surface area contributed by atoms with Crippen molar-refractivity contribution in [3.8, 4) is 0 Å². The molecule has 12 nitrogen and oxygen atoms in total. The third-order valence-corrected chi connectivity index (χ3v) is 4.34. The van der Waals surface area contributed by atoms with E-state index in [4.69, 9.17) is 14.2 Å². The van der Waals surface area contributed by atoms with Crippen LogP contribution in [0.2, 0.25) is 0 Å². The Morgan fingerprint density at radius 1 is 1.24 bits per heavy atom. The molecule has 1 saturated heterocycles. The average molecular weight is 414 g/mol. The molecule has 0 bridgehead atoms. The molecule has 4 N–H and O–H groups in total. The molecule has 29 heavy (non-hydrogen) atoms. The van der Waals surface area contributed by atoms with Gasteiger partial charge in [-0.1, -0.05) is 0 Å². The molecule has 0 spiro atoms. The van der Waals surface area contributed by atoms with Crippen molar-refractivity contribution in [1.29, 1.82) is 0 Å². The highest BCUT2D eigenvalue weighted by atomic mass is 16.7. The standard InChI is InChI=1S/C17H22N2O10/c1-8(20)28-7-10-4-3-9(5-11(10)19(25)26)16(24)18-6-12-13(21)14(22)15(23)17(27-2)29-12/h3-5,12-15,17,21-23H,6-7H2,1-2H3,(H,18,24). The summed E-state index contributed by atoms with van der Waals surface area (Å²) in [6.45, 7) is 0.598. The number of hydrogen-bond acceptors (Lipinski definition) is 10. The van der Waals surface area contributed by atoms with E-state index >= 15 is 0 Å². The Hall–Kier alpha value is -2.64. The minimum Gasteiger partial charge on any atom is -0.461 e. The van der Waals surface area contributed by atoms with E-state index in [1.165, 1.54) is 26.2 Å². The second-order valence-corrected chi connectivity index (χ2v) is 6.34. The zero-order valence-electron chi connectivity index (χ0n) is 15.7. The summed E-state index contributed by atoms with van der Waals surface area (Å²) in [4.78, 5) is 33.8. The molecule has 1 aliphatic rings. The predicted molar refractivity (Wildman–Crippen MR) is 94.6 cm³/mol. The van der Waals surface area contributed by atoms with Crippen LogP contribution in [0.25, 0.3) is 0 Å². The summed E-state index contributed by atoms with van der Waals surface area (Å²) < 4.78 is 14.9. The third kappa shape index (κ3) is 5.46. The number of nitrogens with one attached hydrogen (secondary N) is 1. The molecular formula is C17H22N2O10. The number of carbonyl (C=O) groups is 2. The first-order valence-electron chi connectivity index (χ1n) is 8.57. The van der Waals surface area contributed by atoms with Gasteiger partial charge in [0.25, 0.3) is 11.6 Å². The molecular weight excluding hydrogens is 392 g/mol. The molecule has 1 aromatic rings. The Kier molecular flexibility index (Phi) is 7.59. The number of nitro groups is 1. The number of hydrogen-bond donors (Lipinski definition) is 4. The van der Waals surface area contributed by atoms with Crippen LogP contribution in [0.3, 0.4) is 0 Å². The van der Waals surface area contributed by atoms with E-state index in [9.17, 15) is 35.0 Å². The van der Waals surface area contributed by atoms with Crippen LogP contribution in [0.1, 0.15) is 22.8 Å². The fraction of sp³-hybridized carbons (Fsp3) is 0.529. The Bertz CT molecular complexity index is 769. The van der Waals surface area contributed by atoms with Crippen molar-refractivity contribution >= 4 is 17.6 Å². The molecule has 5 atom stereocenters. The summed E-state index contributed by atoms with van der Waals surface area (Å²) in [6.07, 6.45) is -6.78. The summed E-state index contributed by atoms with van der Waals surface area (Å²) in [5.74, 6) is -1.30. The van der Waals surface area contributed by atoms with Crippen LogP contribution >= 0.6 is 0 Å². The van der Waals surface area contributed by atoms with Gasteiger partial charge in [-0.15, -0.1) is 0 Å². The van der Waals surface area contributed by atoms with E-state index in [0.29, 0.717) is 0 Å². The third-order valence-electron chi connectivity index (χ3n) is 4.34.